The van der Waals surface area contributed by atoms with Gasteiger partial charge in [0.25, 0.3) is 0 Å². The van der Waals surface area contributed by atoms with Crippen molar-refractivity contribution in [1.29, 1.82) is 0 Å². The van der Waals surface area contributed by atoms with Gasteiger partial charge in [-0.05, 0) is 30.2 Å². The minimum Gasteiger partial charge on any atom is -0.349 e. The van der Waals surface area contributed by atoms with Crippen LogP contribution in [0.2, 0.25) is 0 Å². The summed E-state index contributed by atoms with van der Waals surface area (Å²) in [4.78, 5) is 2.41. The molecule has 2 aromatic carbocycles. The molecule has 1 saturated heterocycles. The van der Waals surface area contributed by atoms with Crippen molar-refractivity contribution in [2.45, 2.75) is 26.2 Å². The molecule has 3 heteroatoms. The van der Waals surface area contributed by atoms with Gasteiger partial charge in [0.2, 0.25) is 0 Å². The van der Waals surface area contributed by atoms with E-state index in [-0.39, 0.29) is 12.3 Å². The van der Waals surface area contributed by atoms with Crippen LogP contribution in [0, 0.1) is 6.92 Å². The maximum absolute atomic E-state index is 6.61. The molecule has 0 amide bonds. The van der Waals surface area contributed by atoms with E-state index in [1.54, 1.807) is 0 Å². The molecule has 122 valence electrons. The van der Waals surface area contributed by atoms with E-state index in [1.165, 1.54) is 16.7 Å². The lowest BCUT2D eigenvalue weighted by molar-refractivity contribution is -0.0955. The van der Waals surface area contributed by atoms with E-state index in [4.69, 9.17) is 4.74 Å². The molecule has 1 aliphatic rings. The van der Waals surface area contributed by atoms with Crippen LogP contribution in [-0.2, 0) is 4.74 Å². The van der Waals surface area contributed by atoms with Crippen LogP contribution in [-0.4, -0.2) is 37.3 Å². The number of hydrogen-bond donors (Lipinski definition) is 1. The average Bonchev–Trinajstić information content (AvgIpc) is 2.61. The van der Waals surface area contributed by atoms with Crippen LogP contribution in [0.4, 0.5) is 0 Å². The zero-order valence-electron chi connectivity index (χ0n) is 14.0. The molecule has 0 aliphatic carbocycles. The van der Waals surface area contributed by atoms with E-state index < -0.39 is 0 Å². The van der Waals surface area contributed by atoms with Gasteiger partial charge in [-0.1, -0.05) is 61.5 Å². The normalized spacial score (nSPS) is 20.3. The summed E-state index contributed by atoms with van der Waals surface area (Å²) >= 11 is 0. The van der Waals surface area contributed by atoms with Gasteiger partial charge >= 0.3 is 0 Å². The van der Waals surface area contributed by atoms with Crippen molar-refractivity contribution in [1.82, 2.24) is 10.2 Å². The van der Waals surface area contributed by atoms with E-state index in [0.717, 1.165) is 26.2 Å². The fourth-order valence-corrected chi connectivity index (χ4v) is 3.21. The first-order chi connectivity index (χ1) is 11.3. The second-order valence-corrected chi connectivity index (χ2v) is 6.07. The molecule has 0 aromatic heterocycles. The fourth-order valence-electron chi connectivity index (χ4n) is 3.21. The van der Waals surface area contributed by atoms with E-state index in [1.807, 2.05) is 0 Å². The maximum Gasteiger partial charge on any atom is 0.124 e. The molecular weight excluding hydrogens is 284 g/mol. The maximum atomic E-state index is 6.61. The molecule has 0 radical (unpaired) electrons. The highest BCUT2D eigenvalue weighted by Crippen LogP contribution is 2.30. The molecule has 0 spiro atoms. The van der Waals surface area contributed by atoms with E-state index >= 15 is 0 Å². The number of likely N-dealkylation sites (N-methyl/N-ethyl adjacent to an activating group) is 1. The molecule has 2 atom stereocenters. The molecule has 1 fully saturated rings. The summed E-state index contributed by atoms with van der Waals surface area (Å²) in [6.07, 6.45) is 0.0786. The first kappa shape index (κ1) is 16.2. The number of ether oxygens (including phenoxy) is 1. The largest absolute Gasteiger partial charge is 0.349 e. The zero-order valence-corrected chi connectivity index (χ0v) is 14.0. The first-order valence-corrected chi connectivity index (χ1v) is 8.50. The number of nitrogens with one attached hydrogen (secondary N) is 1. The van der Waals surface area contributed by atoms with Gasteiger partial charge in [-0.15, -0.1) is 0 Å². The summed E-state index contributed by atoms with van der Waals surface area (Å²) in [7, 11) is 0. The third-order valence-corrected chi connectivity index (χ3v) is 4.57. The lowest BCUT2D eigenvalue weighted by Crippen LogP contribution is -2.52. The van der Waals surface area contributed by atoms with Gasteiger partial charge < -0.3 is 10.1 Å². The molecule has 1 heterocycles. The quantitative estimate of drug-likeness (QED) is 0.916. The van der Waals surface area contributed by atoms with Crippen molar-refractivity contribution in [3.8, 4) is 0 Å². The number of aryl methyl sites for hydroxylation is 1. The van der Waals surface area contributed by atoms with Crippen LogP contribution in [0.25, 0.3) is 0 Å². The predicted molar refractivity (Wildman–Crippen MR) is 94.5 cm³/mol. The summed E-state index contributed by atoms with van der Waals surface area (Å²) in [6, 6.07) is 19.1. The second-order valence-electron chi connectivity index (χ2n) is 6.07. The van der Waals surface area contributed by atoms with Gasteiger partial charge in [0.1, 0.15) is 12.3 Å². The molecule has 1 N–H and O–H groups in total. The van der Waals surface area contributed by atoms with Crippen LogP contribution >= 0.6 is 0 Å². The Labute approximate surface area is 139 Å². The van der Waals surface area contributed by atoms with Gasteiger partial charge in [0, 0.05) is 19.6 Å². The van der Waals surface area contributed by atoms with E-state index in [2.05, 4.69) is 78.7 Å². The lowest BCUT2D eigenvalue weighted by atomic mass is 9.97. The molecule has 0 saturated carbocycles. The summed E-state index contributed by atoms with van der Waals surface area (Å²) < 4.78 is 6.61. The van der Waals surface area contributed by atoms with Crippen LogP contribution in [0.3, 0.4) is 0 Å². The average molecular weight is 310 g/mol. The number of nitrogens with zero attached hydrogens (tertiary/aromatic N) is 1. The standard InChI is InChI=1S/C20H26N2O/c1-3-22-14-13-21-15-19(22)23-20(17-10-5-4-6-11-17)18-12-8-7-9-16(18)2/h4-12,19-21H,3,13-15H2,1-2H3. The topological polar surface area (TPSA) is 24.5 Å². The summed E-state index contributed by atoms with van der Waals surface area (Å²) in [6.45, 7) is 8.33. The highest BCUT2D eigenvalue weighted by Gasteiger charge is 2.27. The molecule has 3 nitrogen and oxygen atoms in total. The van der Waals surface area contributed by atoms with Gasteiger partial charge in [-0.2, -0.15) is 0 Å². The second kappa shape index (κ2) is 7.73. The Morgan fingerprint density at radius 2 is 1.87 bits per heavy atom. The van der Waals surface area contributed by atoms with Crippen LogP contribution in [0.1, 0.15) is 29.7 Å². The van der Waals surface area contributed by atoms with Crippen molar-refractivity contribution >= 4 is 0 Å². The molecule has 2 unspecified atom stereocenters. The molecule has 1 aliphatic heterocycles. The van der Waals surface area contributed by atoms with Gasteiger partial charge in [0.15, 0.2) is 0 Å². The summed E-state index contributed by atoms with van der Waals surface area (Å²) in [5.41, 5.74) is 3.73. The lowest BCUT2D eigenvalue weighted by Gasteiger charge is -2.37. The molecule has 2 aromatic rings. The Kier molecular flexibility index (Phi) is 5.44. The Morgan fingerprint density at radius 3 is 2.61 bits per heavy atom. The van der Waals surface area contributed by atoms with Crippen molar-refractivity contribution in [3.63, 3.8) is 0 Å². The van der Waals surface area contributed by atoms with Gasteiger partial charge in [-0.3, -0.25) is 4.90 Å². The van der Waals surface area contributed by atoms with Gasteiger partial charge in [0.05, 0.1) is 0 Å². The molecule has 3 rings (SSSR count). The monoisotopic (exact) mass is 310 g/mol. The Bertz CT molecular complexity index is 614. The van der Waals surface area contributed by atoms with Crippen molar-refractivity contribution in [3.05, 3.63) is 71.3 Å². The SMILES string of the molecule is CCN1CCNCC1OC(c1ccccc1)c1ccccc1C. The van der Waals surface area contributed by atoms with Crippen molar-refractivity contribution < 1.29 is 4.74 Å². The van der Waals surface area contributed by atoms with Crippen LogP contribution in [0.5, 0.6) is 0 Å². The van der Waals surface area contributed by atoms with Crippen molar-refractivity contribution in [2.24, 2.45) is 0 Å². The third-order valence-electron chi connectivity index (χ3n) is 4.57. The zero-order chi connectivity index (χ0) is 16.1. The third kappa shape index (κ3) is 3.81. The van der Waals surface area contributed by atoms with Crippen molar-refractivity contribution in [2.75, 3.05) is 26.2 Å². The molecular formula is C20H26N2O. The molecule has 0 bridgehead atoms. The molecule has 23 heavy (non-hydrogen) atoms. The van der Waals surface area contributed by atoms with E-state index in [0.29, 0.717) is 0 Å². The Morgan fingerprint density at radius 1 is 1.13 bits per heavy atom. The minimum atomic E-state index is -0.0312. The smallest absolute Gasteiger partial charge is 0.124 e. The summed E-state index contributed by atoms with van der Waals surface area (Å²) in [5.74, 6) is 0. The number of piperazine rings is 1. The fraction of sp³-hybridized carbons (Fsp3) is 0.400. The number of hydrogen-bond acceptors (Lipinski definition) is 3. The van der Waals surface area contributed by atoms with E-state index in [9.17, 15) is 0 Å². The van der Waals surface area contributed by atoms with Gasteiger partial charge in [-0.25, -0.2) is 0 Å². The Balaban J connectivity index is 1.91. The van der Waals surface area contributed by atoms with Crippen LogP contribution < -0.4 is 5.32 Å². The number of benzene rings is 2. The summed E-state index contributed by atoms with van der Waals surface area (Å²) in [5, 5.41) is 3.46. The minimum absolute atomic E-state index is 0.0312. The number of rotatable bonds is 5. The highest BCUT2D eigenvalue weighted by atomic mass is 16.5. The van der Waals surface area contributed by atoms with Crippen LogP contribution in [0.15, 0.2) is 54.6 Å². The predicted octanol–water partition coefficient (Wildman–Crippen LogP) is 3.35. The Hall–Kier alpha value is -1.68. The first-order valence-electron chi connectivity index (χ1n) is 8.50. The highest BCUT2D eigenvalue weighted by molar-refractivity contribution is 5.35.